The van der Waals surface area contributed by atoms with E-state index in [1.165, 1.54) is 5.56 Å². The number of phenolic OH excluding ortho intramolecular Hbond substituents is 1. The van der Waals surface area contributed by atoms with Crippen LogP contribution in [0.2, 0.25) is 0 Å². The fourth-order valence-electron chi connectivity index (χ4n) is 1.92. The zero-order valence-corrected chi connectivity index (χ0v) is 9.76. The van der Waals surface area contributed by atoms with Crippen molar-refractivity contribution in [2.75, 3.05) is 0 Å². The molecule has 0 aliphatic carbocycles. The Morgan fingerprint density at radius 1 is 0.941 bits per heavy atom. The van der Waals surface area contributed by atoms with Crippen molar-refractivity contribution in [3.05, 3.63) is 77.9 Å². The maximum Gasteiger partial charge on any atom is 0.122 e. The quantitative estimate of drug-likeness (QED) is 0.785. The van der Waals surface area contributed by atoms with Crippen LogP contribution in [0.3, 0.4) is 0 Å². The molecular weight excluding hydrogens is 208 g/mol. The predicted molar refractivity (Wildman–Crippen MR) is 71.3 cm³/mol. The molecule has 2 rings (SSSR count). The van der Waals surface area contributed by atoms with E-state index in [9.17, 15) is 5.11 Å². The summed E-state index contributed by atoms with van der Waals surface area (Å²) >= 11 is 0. The smallest absolute Gasteiger partial charge is 0.122 e. The summed E-state index contributed by atoms with van der Waals surface area (Å²) in [7, 11) is 0. The second kappa shape index (κ2) is 5.35. The minimum Gasteiger partial charge on any atom is -0.507 e. The summed E-state index contributed by atoms with van der Waals surface area (Å²) in [4.78, 5) is 0. The maximum atomic E-state index is 10.1. The van der Waals surface area contributed by atoms with Gasteiger partial charge in [0.15, 0.2) is 0 Å². The number of phenols is 1. The van der Waals surface area contributed by atoms with Crippen molar-refractivity contribution in [2.24, 2.45) is 0 Å². The number of hydrogen-bond acceptors (Lipinski definition) is 1. The Morgan fingerprint density at radius 2 is 1.65 bits per heavy atom. The number of hydrogen-bond donors (Lipinski definition) is 1. The lowest BCUT2D eigenvalue weighted by Crippen LogP contribution is -1.92. The van der Waals surface area contributed by atoms with Crippen molar-refractivity contribution in [3.63, 3.8) is 0 Å². The van der Waals surface area contributed by atoms with Gasteiger partial charge in [0.25, 0.3) is 0 Å². The van der Waals surface area contributed by atoms with Gasteiger partial charge in [-0.1, -0.05) is 54.6 Å². The fraction of sp³-hybridized carbons (Fsp3) is 0.125. The molecular formula is C16H16O. The van der Waals surface area contributed by atoms with Crippen LogP contribution in [-0.2, 0) is 12.8 Å². The van der Waals surface area contributed by atoms with E-state index in [1.54, 1.807) is 6.08 Å². The highest BCUT2D eigenvalue weighted by Crippen LogP contribution is 2.25. The maximum absolute atomic E-state index is 10.1. The minimum absolute atomic E-state index is 0.399. The minimum atomic E-state index is 0.399. The SMILES string of the molecule is C=CCc1cccc(Cc2ccccc2)c1O. The van der Waals surface area contributed by atoms with Gasteiger partial charge >= 0.3 is 0 Å². The molecule has 0 aliphatic rings. The van der Waals surface area contributed by atoms with Crippen molar-refractivity contribution >= 4 is 0 Å². The summed E-state index contributed by atoms with van der Waals surface area (Å²) in [5.41, 5.74) is 3.11. The summed E-state index contributed by atoms with van der Waals surface area (Å²) < 4.78 is 0. The van der Waals surface area contributed by atoms with Crippen LogP contribution in [0.1, 0.15) is 16.7 Å². The summed E-state index contributed by atoms with van der Waals surface area (Å²) in [6.45, 7) is 3.70. The van der Waals surface area contributed by atoms with Crippen molar-refractivity contribution < 1.29 is 5.11 Å². The number of aromatic hydroxyl groups is 1. The van der Waals surface area contributed by atoms with Crippen LogP contribution in [-0.4, -0.2) is 5.11 Å². The largest absolute Gasteiger partial charge is 0.507 e. The third-order valence-electron chi connectivity index (χ3n) is 2.80. The molecule has 1 nitrogen and oxygen atoms in total. The Kier molecular flexibility index (Phi) is 3.61. The van der Waals surface area contributed by atoms with Crippen LogP contribution < -0.4 is 0 Å². The number of para-hydroxylation sites is 1. The van der Waals surface area contributed by atoms with Crippen LogP contribution in [0.4, 0.5) is 0 Å². The fourth-order valence-corrected chi connectivity index (χ4v) is 1.92. The second-order valence-corrected chi connectivity index (χ2v) is 4.08. The van der Waals surface area contributed by atoms with Gasteiger partial charge in [0.1, 0.15) is 5.75 Å². The molecule has 0 amide bonds. The molecule has 2 aromatic carbocycles. The van der Waals surface area contributed by atoms with Crippen molar-refractivity contribution in [1.82, 2.24) is 0 Å². The first-order valence-electron chi connectivity index (χ1n) is 5.76. The van der Waals surface area contributed by atoms with Crippen LogP contribution >= 0.6 is 0 Å². The molecule has 0 aromatic heterocycles. The van der Waals surface area contributed by atoms with E-state index >= 15 is 0 Å². The molecule has 0 unspecified atom stereocenters. The molecule has 0 heterocycles. The van der Waals surface area contributed by atoms with Crippen LogP contribution in [0.15, 0.2) is 61.2 Å². The first-order chi connectivity index (χ1) is 8.31. The zero-order valence-electron chi connectivity index (χ0n) is 9.76. The van der Waals surface area contributed by atoms with Gasteiger partial charge in [0.05, 0.1) is 0 Å². The average molecular weight is 224 g/mol. The van der Waals surface area contributed by atoms with E-state index < -0.39 is 0 Å². The Labute approximate surface area is 102 Å². The normalized spacial score (nSPS) is 10.1. The molecule has 0 aliphatic heterocycles. The Morgan fingerprint density at radius 3 is 2.35 bits per heavy atom. The lowest BCUT2D eigenvalue weighted by Gasteiger charge is -2.08. The molecule has 0 saturated carbocycles. The highest BCUT2D eigenvalue weighted by Gasteiger charge is 2.06. The van der Waals surface area contributed by atoms with Crippen molar-refractivity contribution in [2.45, 2.75) is 12.8 Å². The van der Waals surface area contributed by atoms with Gasteiger partial charge in [-0.25, -0.2) is 0 Å². The molecule has 0 saturated heterocycles. The van der Waals surface area contributed by atoms with Gasteiger partial charge in [-0.05, 0) is 23.1 Å². The molecule has 0 radical (unpaired) electrons. The van der Waals surface area contributed by atoms with Crippen LogP contribution in [0, 0.1) is 0 Å². The van der Waals surface area contributed by atoms with Gasteiger partial charge in [0, 0.05) is 6.42 Å². The first kappa shape index (κ1) is 11.5. The Hall–Kier alpha value is -2.02. The van der Waals surface area contributed by atoms with Crippen molar-refractivity contribution in [1.29, 1.82) is 0 Å². The van der Waals surface area contributed by atoms with Gasteiger partial charge in [-0.2, -0.15) is 0 Å². The van der Waals surface area contributed by atoms with Gasteiger partial charge in [-0.3, -0.25) is 0 Å². The number of rotatable bonds is 4. The highest BCUT2D eigenvalue weighted by atomic mass is 16.3. The van der Waals surface area contributed by atoms with E-state index in [4.69, 9.17) is 0 Å². The standard InChI is InChI=1S/C16H16O/c1-2-7-14-10-6-11-15(16(14)17)12-13-8-4-3-5-9-13/h2-6,8-11,17H,1,7,12H2. The topological polar surface area (TPSA) is 20.2 Å². The second-order valence-electron chi connectivity index (χ2n) is 4.08. The predicted octanol–water partition coefficient (Wildman–Crippen LogP) is 3.71. The number of benzene rings is 2. The van der Waals surface area contributed by atoms with Crippen LogP contribution in [0.25, 0.3) is 0 Å². The van der Waals surface area contributed by atoms with E-state index in [1.807, 2.05) is 36.4 Å². The first-order valence-corrected chi connectivity index (χ1v) is 5.76. The molecule has 2 aromatic rings. The monoisotopic (exact) mass is 224 g/mol. The molecule has 1 heteroatoms. The van der Waals surface area contributed by atoms with E-state index in [0.29, 0.717) is 12.2 Å². The van der Waals surface area contributed by atoms with E-state index in [-0.39, 0.29) is 0 Å². The number of allylic oxidation sites excluding steroid dienone is 1. The average Bonchev–Trinajstić information content (AvgIpc) is 2.36. The summed E-state index contributed by atoms with van der Waals surface area (Å²) in [6, 6.07) is 16.0. The van der Waals surface area contributed by atoms with Gasteiger partial charge < -0.3 is 5.11 Å². The summed E-state index contributed by atoms with van der Waals surface area (Å²) in [5, 5.41) is 10.1. The Balaban J connectivity index is 2.27. The molecule has 1 N–H and O–H groups in total. The molecule has 0 spiro atoms. The van der Waals surface area contributed by atoms with E-state index in [2.05, 4.69) is 18.7 Å². The lowest BCUT2D eigenvalue weighted by atomic mass is 10.00. The van der Waals surface area contributed by atoms with Crippen molar-refractivity contribution in [3.8, 4) is 5.75 Å². The van der Waals surface area contributed by atoms with Gasteiger partial charge in [-0.15, -0.1) is 6.58 Å². The lowest BCUT2D eigenvalue weighted by molar-refractivity contribution is 0.464. The molecule has 17 heavy (non-hydrogen) atoms. The summed E-state index contributed by atoms with van der Waals surface area (Å²) in [5.74, 6) is 0.399. The summed E-state index contributed by atoms with van der Waals surface area (Å²) in [6.07, 6.45) is 3.27. The Bertz CT molecular complexity index is 500. The molecule has 86 valence electrons. The molecule has 0 fully saturated rings. The van der Waals surface area contributed by atoms with E-state index in [0.717, 1.165) is 17.5 Å². The third kappa shape index (κ3) is 2.76. The third-order valence-corrected chi connectivity index (χ3v) is 2.80. The zero-order chi connectivity index (χ0) is 12.1. The molecule has 0 bridgehead atoms. The van der Waals surface area contributed by atoms with Crippen LogP contribution in [0.5, 0.6) is 5.75 Å². The van der Waals surface area contributed by atoms with Gasteiger partial charge in [0.2, 0.25) is 0 Å². The molecule has 0 atom stereocenters. The highest BCUT2D eigenvalue weighted by molar-refractivity contribution is 5.43.